The lowest BCUT2D eigenvalue weighted by molar-refractivity contribution is 0.439. The molecule has 0 unspecified atom stereocenters. The van der Waals surface area contributed by atoms with E-state index in [1.165, 1.54) is 6.33 Å². The number of anilines is 1. The summed E-state index contributed by atoms with van der Waals surface area (Å²) in [6.07, 6.45) is 1.34. The molecule has 2 rings (SSSR count). The number of nitrogen functional groups attached to an aromatic ring is 1. The van der Waals surface area contributed by atoms with Crippen molar-refractivity contribution in [3.05, 3.63) is 40.7 Å². The van der Waals surface area contributed by atoms with Crippen molar-refractivity contribution in [3.63, 3.8) is 0 Å². The summed E-state index contributed by atoms with van der Waals surface area (Å²) in [5.74, 6) is 1.22. The molecule has 1 aromatic carbocycles. The van der Waals surface area contributed by atoms with Gasteiger partial charge in [-0.25, -0.2) is 4.98 Å². The van der Waals surface area contributed by atoms with Crippen LogP contribution >= 0.6 is 11.6 Å². The van der Waals surface area contributed by atoms with E-state index in [2.05, 4.69) is 42.9 Å². The maximum atomic E-state index is 6.07. The molecule has 0 amide bonds. The molecule has 0 aliphatic carbocycles. The number of hydrogen-bond acceptors (Lipinski definition) is 4. The van der Waals surface area contributed by atoms with Crippen molar-refractivity contribution in [2.24, 2.45) is 0 Å². The van der Waals surface area contributed by atoms with Gasteiger partial charge in [0.15, 0.2) is 0 Å². The van der Waals surface area contributed by atoms with Gasteiger partial charge < -0.3 is 10.5 Å². The number of benzene rings is 1. The average molecular weight is 292 g/mol. The van der Waals surface area contributed by atoms with Crippen LogP contribution in [0.2, 0.25) is 5.02 Å². The average Bonchev–Trinajstić information content (AvgIpc) is 2.33. The Balaban J connectivity index is 2.48. The van der Waals surface area contributed by atoms with Crippen molar-refractivity contribution >= 4 is 17.4 Å². The van der Waals surface area contributed by atoms with Crippen molar-refractivity contribution in [1.29, 1.82) is 0 Å². The largest absolute Gasteiger partial charge is 0.437 e. The lowest BCUT2D eigenvalue weighted by Crippen LogP contribution is -2.13. The Labute approximate surface area is 124 Å². The predicted octanol–water partition coefficient (Wildman–Crippen LogP) is 4.11. The topological polar surface area (TPSA) is 61.0 Å². The van der Waals surface area contributed by atoms with E-state index in [9.17, 15) is 0 Å². The molecule has 0 saturated carbocycles. The van der Waals surface area contributed by atoms with Crippen molar-refractivity contribution < 1.29 is 4.74 Å². The SMILES string of the molecule is Cc1ccc(C(C)(C)C)c(Oc2ncnc(N)c2Cl)c1. The fraction of sp³-hybridized carbons (Fsp3) is 0.333. The number of hydrogen-bond donors (Lipinski definition) is 1. The Morgan fingerprint density at radius 1 is 1.20 bits per heavy atom. The van der Waals surface area contributed by atoms with Gasteiger partial charge in [-0.1, -0.05) is 44.5 Å². The Morgan fingerprint density at radius 3 is 2.55 bits per heavy atom. The van der Waals surface area contributed by atoms with Crippen molar-refractivity contribution in [2.75, 3.05) is 5.73 Å². The van der Waals surface area contributed by atoms with Crippen LogP contribution in [0.4, 0.5) is 5.82 Å². The minimum atomic E-state index is -0.0475. The van der Waals surface area contributed by atoms with Crippen LogP contribution < -0.4 is 10.5 Å². The Bertz CT molecular complexity index is 636. The summed E-state index contributed by atoms with van der Waals surface area (Å²) in [5.41, 5.74) is 7.80. The van der Waals surface area contributed by atoms with Gasteiger partial charge in [0, 0.05) is 5.56 Å². The molecule has 5 heteroatoms. The number of aromatic nitrogens is 2. The molecule has 20 heavy (non-hydrogen) atoms. The third-order valence-corrected chi connectivity index (χ3v) is 3.29. The van der Waals surface area contributed by atoms with Gasteiger partial charge in [0.1, 0.15) is 22.9 Å². The summed E-state index contributed by atoms with van der Waals surface area (Å²) in [4.78, 5) is 7.87. The van der Waals surface area contributed by atoms with Gasteiger partial charge in [-0.3, -0.25) is 0 Å². The molecule has 0 spiro atoms. The van der Waals surface area contributed by atoms with Gasteiger partial charge in [-0.2, -0.15) is 4.98 Å². The number of nitrogens with two attached hydrogens (primary N) is 1. The van der Waals surface area contributed by atoms with Crippen molar-refractivity contribution in [2.45, 2.75) is 33.1 Å². The van der Waals surface area contributed by atoms with Gasteiger partial charge in [0.25, 0.3) is 0 Å². The van der Waals surface area contributed by atoms with E-state index in [0.29, 0.717) is 0 Å². The number of halogens is 1. The molecule has 1 aromatic heterocycles. The fourth-order valence-electron chi connectivity index (χ4n) is 1.88. The van der Waals surface area contributed by atoms with Crippen LogP contribution in [0.5, 0.6) is 11.6 Å². The normalized spacial score (nSPS) is 11.4. The zero-order valence-corrected chi connectivity index (χ0v) is 12.8. The molecule has 1 heterocycles. The van der Waals surface area contributed by atoms with E-state index in [1.54, 1.807) is 0 Å². The first kappa shape index (κ1) is 14.6. The second-order valence-corrected chi connectivity index (χ2v) is 6.11. The van der Waals surface area contributed by atoms with Gasteiger partial charge in [0.05, 0.1) is 0 Å². The number of rotatable bonds is 2. The highest BCUT2D eigenvalue weighted by molar-refractivity contribution is 6.34. The Kier molecular flexibility index (Phi) is 3.86. The molecule has 106 valence electrons. The third-order valence-electron chi connectivity index (χ3n) is 2.94. The summed E-state index contributed by atoms with van der Waals surface area (Å²) in [7, 11) is 0. The van der Waals surface area contributed by atoms with Crippen LogP contribution in [-0.2, 0) is 5.41 Å². The van der Waals surface area contributed by atoms with Gasteiger partial charge in [-0.05, 0) is 24.0 Å². The highest BCUT2D eigenvalue weighted by Crippen LogP contribution is 2.37. The van der Waals surface area contributed by atoms with Crippen molar-refractivity contribution in [1.82, 2.24) is 9.97 Å². The number of ether oxygens (including phenoxy) is 1. The molecule has 0 aliphatic heterocycles. The highest BCUT2D eigenvalue weighted by atomic mass is 35.5. The summed E-state index contributed by atoms with van der Waals surface area (Å²) in [5, 5.41) is 0.230. The van der Waals surface area contributed by atoms with E-state index in [1.807, 2.05) is 13.0 Å². The van der Waals surface area contributed by atoms with Crippen LogP contribution in [-0.4, -0.2) is 9.97 Å². The summed E-state index contributed by atoms with van der Waals surface area (Å²) >= 11 is 6.07. The summed E-state index contributed by atoms with van der Waals surface area (Å²) < 4.78 is 5.87. The van der Waals surface area contributed by atoms with Gasteiger partial charge in [0.2, 0.25) is 5.88 Å². The monoisotopic (exact) mass is 291 g/mol. The number of nitrogens with zero attached hydrogens (tertiary/aromatic N) is 2. The molecule has 0 radical (unpaired) electrons. The first-order valence-electron chi connectivity index (χ1n) is 6.34. The molecule has 0 fully saturated rings. The molecule has 2 N–H and O–H groups in total. The second-order valence-electron chi connectivity index (χ2n) is 5.73. The van der Waals surface area contributed by atoms with Gasteiger partial charge >= 0.3 is 0 Å². The lowest BCUT2D eigenvalue weighted by atomic mass is 9.86. The van der Waals surface area contributed by atoms with Crippen LogP contribution in [0, 0.1) is 6.92 Å². The van der Waals surface area contributed by atoms with E-state index in [-0.39, 0.29) is 22.1 Å². The molecular weight excluding hydrogens is 274 g/mol. The quantitative estimate of drug-likeness (QED) is 0.904. The first-order valence-corrected chi connectivity index (χ1v) is 6.72. The molecule has 0 saturated heterocycles. The Hall–Kier alpha value is -1.81. The second kappa shape index (κ2) is 5.29. The Morgan fingerprint density at radius 2 is 1.90 bits per heavy atom. The predicted molar refractivity (Wildman–Crippen MR) is 81.4 cm³/mol. The molecule has 0 bridgehead atoms. The third kappa shape index (κ3) is 3.02. The van der Waals surface area contributed by atoms with Crippen molar-refractivity contribution in [3.8, 4) is 11.6 Å². The van der Waals surface area contributed by atoms with Crippen LogP contribution in [0.25, 0.3) is 0 Å². The van der Waals surface area contributed by atoms with E-state index in [0.717, 1.165) is 16.9 Å². The molecule has 0 aliphatic rings. The smallest absolute Gasteiger partial charge is 0.243 e. The van der Waals surface area contributed by atoms with Crippen LogP contribution in [0.3, 0.4) is 0 Å². The molecule has 4 nitrogen and oxygen atoms in total. The summed E-state index contributed by atoms with van der Waals surface area (Å²) in [6.45, 7) is 8.39. The van der Waals surface area contributed by atoms with Crippen LogP contribution in [0.15, 0.2) is 24.5 Å². The minimum absolute atomic E-state index is 0.0475. The molecular formula is C15H18ClN3O. The molecule has 2 aromatic rings. The van der Waals surface area contributed by atoms with E-state index >= 15 is 0 Å². The zero-order chi connectivity index (χ0) is 14.9. The van der Waals surface area contributed by atoms with E-state index in [4.69, 9.17) is 22.1 Å². The zero-order valence-electron chi connectivity index (χ0n) is 12.1. The maximum Gasteiger partial charge on any atom is 0.243 e. The minimum Gasteiger partial charge on any atom is -0.437 e. The van der Waals surface area contributed by atoms with E-state index < -0.39 is 0 Å². The fourth-order valence-corrected chi connectivity index (χ4v) is 2.01. The standard InChI is InChI=1S/C15H18ClN3O/c1-9-5-6-10(15(2,3)4)11(7-9)20-14-12(16)13(17)18-8-19-14/h5-8H,1-4H3,(H2,17,18,19). The lowest BCUT2D eigenvalue weighted by Gasteiger charge is -2.23. The number of aryl methyl sites for hydroxylation is 1. The van der Waals surface area contributed by atoms with Gasteiger partial charge in [-0.15, -0.1) is 0 Å². The van der Waals surface area contributed by atoms with Crippen LogP contribution in [0.1, 0.15) is 31.9 Å². The molecule has 0 atom stereocenters. The first-order chi connectivity index (χ1) is 9.29. The summed E-state index contributed by atoms with van der Waals surface area (Å²) in [6, 6.07) is 6.09. The highest BCUT2D eigenvalue weighted by Gasteiger charge is 2.20. The maximum absolute atomic E-state index is 6.07.